The van der Waals surface area contributed by atoms with Crippen molar-refractivity contribution >= 4 is 32.4 Å². The Kier molecular flexibility index (Phi) is 10.3. The van der Waals surface area contributed by atoms with E-state index in [-0.39, 0.29) is 55.0 Å². The third-order valence-corrected chi connectivity index (χ3v) is 11.8. The molecule has 2 aliphatic rings. The Morgan fingerprint density at radius 3 is 2.26 bits per heavy atom. The summed E-state index contributed by atoms with van der Waals surface area (Å²) in [5.41, 5.74) is 0.407. The van der Waals surface area contributed by atoms with E-state index in [0.717, 1.165) is 0 Å². The number of ether oxygens (including phenoxy) is 2. The predicted octanol–water partition coefficient (Wildman–Crippen LogP) is 3.55. The van der Waals surface area contributed by atoms with Crippen molar-refractivity contribution in [3.05, 3.63) is 36.6 Å². The summed E-state index contributed by atoms with van der Waals surface area (Å²) in [6.07, 6.45) is 1.39. The summed E-state index contributed by atoms with van der Waals surface area (Å²) >= 11 is 0. The van der Waals surface area contributed by atoms with Gasteiger partial charge in [0, 0.05) is 6.54 Å². The second kappa shape index (κ2) is 12.6. The number of nitrogens with zero attached hydrogens (tertiary/aromatic N) is 1. The number of nitrogens with one attached hydrogen (secondary N) is 2. The summed E-state index contributed by atoms with van der Waals surface area (Å²) in [5, 5.41) is 15.1. The number of carbonyl (C=O) groups excluding carboxylic acids is 3. The number of carboxylic acids is 1. The summed E-state index contributed by atoms with van der Waals surface area (Å²) in [6, 6.07) is -1.07. The molecule has 0 radical (unpaired) electrons. The van der Waals surface area contributed by atoms with Crippen molar-refractivity contribution in [2.24, 2.45) is 5.92 Å². The Hall–Kier alpha value is -3.12. The van der Waals surface area contributed by atoms with E-state index in [1.165, 1.54) is 17.1 Å². The first-order valence-electron chi connectivity index (χ1n) is 12.7. The lowest BCUT2D eigenvalue weighted by molar-refractivity contribution is -0.160. The van der Waals surface area contributed by atoms with Crippen molar-refractivity contribution < 1.29 is 38.2 Å². The Morgan fingerprint density at radius 2 is 1.74 bits per heavy atom. The molecule has 2 rings (SSSR count). The first kappa shape index (κ1) is 31.1. The van der Waals surface area contributed by atoms with Crippen LogP contribution in [0, 0.1) is 5.92 Å². The van der Waals surface area contributed by atoms with E-state index < -0.39 is 38.4 Å². The van der Waals surface area contributed by atoms with Crippen molar-refractivity contribution in [1.29, 1.82) is 0 Å². The number of carboxylic acid groups (broad SMARTS) is 1. The molecule has 212 valence electrons. The fraction of sp³-hybridized carbons (Fsp3) is 0.615. The molecule has 0 aromatic heterocycles. The van der Waals surface area contributed by atoms with Crippen LogP contribution in [-0.2, 0) is 23.5 Å². The van der Waals surface area contributed by atoms with Crippen molar-refractivity contribution in [1.82, 2.24) is 15.5 Å². The highest BCUT2D eigenvalue weighted by Crippen LogP contribution is 2.47. The predicted molar refractivity (Wildman–Crippen MR) is 144 cm³/mol. The van der Waals surface area contributed by atoms with Crippen LogP contribution < -0.4 is 10.6 Å². The van der Waals surface area contributed by atoms with Gasteiger partial charge in [0.1, 0.15) is 18.9 Å². The Labute approximate surface area is 225 Å². The number of hydrogen-bond acceptors (Lipinski definition) is 7. The molecule has 1 unspecified atom stereocenters. The fourth-order valence-corrected chi connectivity index (χ4v) is 5.88. The summed E-state index contributed by atoms with van der Waals surface area (Å²) in [4.78, 5) is 50.8. The Bertz CT molecular complexity index is 987. The summed E-state index contributed by atoms with van der Waals surface area (Å²) in [7, 11) is -2.16. The molecule has 1 saturated heterocycles. The van der Waals surface area contributed by atoms with Gasteiger partial charge in [0.25, 0.3) is 0 Å². The monoisotopic (exact) mass is 551 g/mol. The highest BCUT2D eigenvalue weighted by molar-refractivity contribution is 6.74. The van der Waals surface area contributed by atoms with E-state index in [1.54, 1.807) is 0 Å². The van der Waals surface area contributed by atoms with Crippen LogP contribution in [0.1, 0.15) is 40.5 Å². The van der Waals surface area contributed by atoms with Crippen LogP contribution in [0.15, 0.2) is 36.6 Å². The molecule has 12 heteroatoms. The molecule has 1 fully saturated rings. The number of hydrogen-bond donors (Lipinski definition) is 3. The zero-order valence-electron chi connectivity index (χ0n) is 23.2. The topological polar surface area (TPSA) is 144 Å². The van der Waals surface area contributed by atoms with Gasteiger partial charge >= 0.3 is 18.2 Å². The molecule has 11 nitrogen and oxygen atoms in total. The molecule has 0 saturated carbocycles. The highest BCUT2D eigenvalue weighted by atomic mass is 28.4. The molecule has 2 aliphatic heterocycles. The van der Waals surface area contributed by atoms with Gasteiger partial charge in [-0.1, -0.05) is 46.1 Å². The van der Waals surface area contributed by atoms with Crippen molar-refractivity contribution in [2.45, 2.75) is 76.9 Å². The fourth-order valence-electron chi connectivity index (χ4n) is 4.45. The number of β-lactam (4-membered cyclic amide) rings is 1. The van der Waals surface area contributed by atoms with Crippen LogP contribution in [0.4, 0.5) is 9.59 Å². The maximum Gasteiger partial charge on any atom is 0.407 e. The minimum atomic E-state index is -2.16. The van der Waals surface area contributed by atoms with Crippen LogP contribution >= 0.6 is 0 Å². The van der Waals surface area contributed by atoms with E-state index in [2.05, 4.69) is 57.7 Å². The van der Waals surface area contributed by atoms with Gasteiger partial charge in [-0.15, -0.1) is 0 Å². The summed E-state index contributed by atoms with van der Waals surface area (Å²) in [6.45, 7) is 19.4. The molecule has 0 spiro atoms. The number of amides is 3. The van der Waals surface area contributed by atoms with Gasteiger partial charge in [-0.05, 0) is 43.5 Å². The third kappa shape index (κ3) is 7.25. The van der Waals surface area contributed by atoms with Crippen molar-refractivity contribution in [3.8, 4) is 0 Å². The Balaban J connectivity index is 2.21. The maximum atomic E-state index is 13.2. The molecule has 0 aromatic rings. The zero-order chi connectivity index (χ0) is 28.8. The highest BCUT2D eigenvalue weighted by Gasteiger charge is 2.58. The van der Waals surface area contributed by atoms with E-state index in [1.807, 2.05) is 6.92 Å². The molecule has 0 bridgehead atoms. The maximum absolute atomic E-state index is 13.2. The van der Waals surface area contributed by atoms with Crippen molar-refractivity contribution in [2.75, 3.05) is 19.8 Å². The second-order valence-electron chi connectivity index (χ2n) is 11.0. The van der Waals surface area contributed by atoms with Crippen molar-refractivity contribution in [3.63, 3.8) is 0 Å². The number of alkyl carbamates (subject to hydrolysis) is 2. The average molecular weight is 552 g/mol. The molecule has 4 atom stereocenters. The standard InChI is InChI=1S/C26H41N3O8Si/c1-9-11-35-24(33)27-15-18(28-25(34)36-12-10-2)13-17-14-19-20(22(30)29(19)21(17)23(31)32)16(3)37-38(7,8)26(4,5)6/h9-10,16,18-20H,1-2,11-15H2,3-8H3,(H,27,33)(H,28,34)(H,31,32)/t16-,18?,19-,20-/m1/s1. The molecule has 3 N–H and O–H groups in total. The van der Waals surface area contributed by atoms with Gasteiger partial charge in [-0.25, -0.2) is 14.4 Å². The van der Waals surface area contributed by atoms with E-state index in [4.69, 9.17) is 13.9 Å². The molecule has 3 amide bonds. The number of fused-ring (bicyclic) bond motifs is 1. The lowest BCUT2D eigenvalue weighted by atomic mass is 9.82. The van der Waals surface area contributed by atoms with E-state index in [9.17, 15) is 24.3 Å². The van der Waals surface area contributed by atoms with Crippen LogP contribution in [0.5, 0.6) is 0 Å². The van der Waals surface area contributed by atoms with Gasteiger partial charge in [0.15, 0.2) is 8.32 Å². The second-order valence-corrected chi connectivity index (χ2v) is 15.8. The lowest BCUT2D eigenvalue weighted by Gasteiger charge is -2.48. The Morgan fingerprint density at radius 1 is 1.16 bits per heavy atom. The lowest BCUT2D eigenvalue weighted by Crippen LogP contribution is -2.63. The van der Waals surface area contributed by atoms with Crippen LogP contribution in [-0.4, -0.2) is 80.3 Å². The van der Waals surface area contributed by atoms with Crippen LogP contribution in [0.2, 0.25) is 18.1 Å². The first-order chi connectivity index (χ1) is 17.6. The zero-order valence-corrected chi connectivity index (χ0v) is 24.2. The number of rotatable bonds is 13. The van der Waals surface area contributed by atoms with Gasteiger partial charge in [0.2, 0.25) is 5.91 Å². The van der Waals surface area contributed by atoms with Crippen LogP contribution in [0.25, 0.3) is 0 Å². The van der Waals surface area contributed by atoms with Gasteiger partial charge in [-0.3, -0.25) is 4.79 Å². The van der Waals surface area contributed by atoms with Crippen LogP contribution in [0.3, 0.4) is 0 Å². The smallest absolute Gasteiger partial charge is 0.407 e. The summed E-state index contributed by atoms with van der Waals surface area (Å²) in [5.74, 6) is -1.97. The van der Waals surface area contributed by atoms with Gasteiger partial charge in [0.05, 0.1) is 24.1 Å². The average Bonchev–Trinajstić information content (AvgIpc) is 3.12. The molecule has 2 heterocycles. The molecule has 0 aliphatic carbocycles. The minimum Gasteiger partial charge on any atom is -0.477 e. The molecular formula is C26H41N3O8Si. The van der Waals surface area contributed by atoms with Gasteiger partial charge in [-0.2, -0.15) is 0 Å². The van der Waals surface area contributed by atoms with E-state index in [0.29, 0.717) is 12.0 Å². The number of carbonyl (C=O) groups is 4. The minimum absolute atomic E-state index is 0.00882. The molecular weight excluding hydrogens is 510 g/mol. The summed E-state index contributed by atoms with van der Waals surface area (Å²) < 4.78 is 16.4. The van der Waals surface area contributed by atoms with E-state index >= 15 is 0 Å². The largest absolute Gasteiger partial charge is 0.477 e. The normalized spacial score (nSPS) is 20.6. The quantitative estimate of drug-likeness (QED) is 0.179. The van der Waals surface area contributed by atoms with Gasteiger partial charge < -0.3 is 34.5 Å². The third-order valence-electron chi connectivity index (χ3n) is 7.27. The molecule has 38 heavy (non-hydrogen) atoms. The SMILES string of the molecule is C=CCOC(=O)NCC(CC1=C(C(=O)O)N2C(=O)[C@H]([C@@H](C)O[Si](C)(C)C(C)(C)C)[C@H]2C1)NC(=O)OCC=C. The first-order valence-corrected chi connectivity index (χ1v) is 15.6. The number of aliphatic carboxylic acids is 1. The molecule has 0 aromatic carbocycles.